The van der Waals surface area contributed by atoms with Crippen LogP contribution in [0.25, 0.3) is 5.69 Å². The molecule has 2 N–H and O–H groups in total. The minimum Gasteiger partial charge on any atom is -0.322 e. The summed E-state index contributed by atoms with van der Waals surface area (Å²) < 4.78 is 26.3. The maximum Gasteiger partial charge on any atom is 0.255 e. The zero-order valence-electron chi connectivity index (χ0n) is 13.2. The lowest BCUT2D eigenvalue weighted by Gasteiger charge is -2.08. The van der Waals surface area contributed by atoms with Crippen molar-refractivity contribution in [3.05, 3.63) is 66.7 Å². The van der Waals surface area contributed by atoms with E-state index >= 15 is 0 Å². The Morgan fingerprint density at radius 3 is 2.20 bits per heavy atom. The average Bonchev–Trinajstić information content (AvgIpc) is 3.10. The van der Waals surface area contributed by atoms with Gasteiger partial charge in [0.2, 0.25) is 10.0 Å². The van der Waals surface area contributed by atoms with Crippen LogP contribution in [0.2, 0.25) is 0 Å². The maximum atomic E-state index is 12.3. The normalized spacial score (nSPS) is 11.1. The average molecular weight is 357 g/mol. The van der Waals surface area contributed by atoms with Gasteiger partial charge in [-0.2, -0.15) is 5.10 Å². The van der Waals surface area contributed by atoms with Crippen LogP contribution in [0.1, 0.15) is 10.4 Å². The predicted molar refractivity (Wildman–Crippen MR) is 94.2 cm³/mol. The van der Waals surface area contributed by atoms with E-state index in [4.69, 9.17) is 0 Å². The van der Waals surface area contributed by atoms with E-state index in [1.807, 2.05) is 0 Å². The van der Waals surface area contributed by atoms with E-state index in [0.29, 0.717) is 16.9 Å². The van der Waals surface area contributed by atoms with Crippen LogP contribution in [0.3, 0.4) is 0 Å². The Bertz CT molecular complexity index is 966. The Morgan fingerprint density at radius 2 is 1.64 bits per heavy atom. The van der Waals surface area contributed by atoms with E-state index < -0.39 is 10.0 Å². The zero-order valence-corrected chi connectivity index (χ0v) is 14.1. The predicted octanol–water partition coefficient (Wildman–Crippen LogP) is 1.89. The summed E-state index contributed by atoms with van der Waals surface area (Å²) in [5, 5.41) is 6.77. The first-order valence-electron chi connectivity index (χ1n) is 7.25. The molecule has 3 rings (SSSR count). The van der Waals surface area contributed by atoms with Gasteiger partial charge in [0, 0.05) is 16.9 Å². The van der Waals surface area contributed by atoms with Crippen molar-refractivity contribution in [2.45, 2.75) is 0 Å². The molecule has 0 saturated carbocycles. The first-order valence-corrected chi connectivity index (χ1v) is 9.14. The molecule has 0 unspecified atom stereocenters. The molecule has 8 nitrogen and oxygen atoms in total. The Kier molecular flexibility index (Phi) is 4.48. The lowest BCUT2D eigenvalue weighted by atomic mass is 10.2. The fourth-order valence-corrected chi connectivity index (χ4v) is 2.71. The number of hydrogen-bond acceptors (Lipinski definition) is 5. The summed E-state index contributed by atoms with van der Waals surface area (Å²) >= 11 is 0. The van der Waals surface area contributed by atoms with Crippen LogP contribution in [-0.4, -0.2) is 35.3 Å². The van der Waals surface area contributed by atoms with Gasteiger partial charge in [-0.05, 0) is 48.5 Å². The molecule has 1 aromatic heterocycles. The largest absolute Gasteiger partial charge is 0.322 e. The molecular weight excluding hydrogens is 342 g/mol. The number of aromatic nitrogens is 3. The highest BCUT2D eigenvalue weighted by molar-refractivity contribution is 7.92. The molecule has 128 valence electrons. The number of sulfonamides is 1. The van der Waals surface area contributed by atoms with Crippen molar-refractivity contribution in [1.82, 2.24) is 14.8 Å². The van der Waals surface area contributed by atoms with Gasteiger partial charge in [0.05, 0.1) is 11.9 Å². The molecular formula is C16H15N5O3S. The SMILES string of the molecule is CS(=O)(=O)Nc1ccc(NC(=O)c2ccc(-n3cncn3)cc2)cc1. The van der Waals surface area contributed by atoms with Crippen molar-refractivity contribution >= 4 is 27.3 Å². The van der Waals surface area contributed by atoms with Gasteiger partial charge in [-0.1, -0.05) is 0 Å². The van der Waals surface area contributed by atoms with E-state index in [-0.39, 0.29) is 5.91 Å². The summed E-state index contributed by atoms with van der Waals surface area (Å²) in [5.41, 5.74) is 2.27. The van der Waals surface area contributed by atoms with Crippen molar-refractivity contribution in [2.75, 3.05) is 16.3 Å². The van der Waals surface area contributed by atoms with Gasteiger partial charge in [0.25, 0.3) is 5.91 Å². The molecule has 0 radical (unpaired) electrons. The van der Waals surface area contributed by atoms with Gasteiger partial charge in [0.1, 0.15) is 12.7 Å². The highest BCUT2D eigenvalue weighted by Crippen LogP contribution is 2.16. The second-order valence-electron chi connectivity index (χ2n) is 5.29. The summed E-state index contributed by atoms with van der Waals surface area (Å²) in [7, 11) is -3.33. The smallest absolute Gasteiger partial charge is 0.255 e. The Labute approximate surface area is 144 Å². The molecule has 3 aromatic rings. The molecule has 0 aliphatic carbocycles. The molecule has 0 spiro atoms. The van der Waals surface area contributed by atoms with Gasteiger partial charge in [-0.25, -0.2) is 18.1 Å². The van der Waals surface area contributed by atoms with Crippen LogP contribution in [0.5, 0.6) is 0 Å². The minimum absolute atomic E-state index is 0.269. The lowest BCUT2D eigenvalue weighted by Crippen LogP contribution is -2.12. The number of nitrogens with one attached hydrogen (secondary N) is 2. The molecule has 0 aliphatic rings. The number of anilines is 2. The van der Waals surface area contributed by atoms with Crippen molar-refractivity contribution < 1.29 is 13.2 Å². The van der Waals surface area contributed by atoms with Gasteiger partial charge in [0.15, 0.2) is 0 Å². The lowest BCUT2D eigenvalue weighted by molar-refractivity contribution is 0.102. The van der Waals surface area contributed by atoms with Crippen molar-refractivity contribution in [2.24, 2.45) is 0 Å². The summed E-state index contributed by atoms with van der Waals surface area (Å²) in [6, 6.07) is 13.3. The van der Waals surface area contributed by atoms with E-state index in [9.17, 15) is 13.2 Å². The highest BCUT2D eigenvalue weighted by atomic mass is 32.2. The topological polar surface area (TPSA) is 106 Å². The van der Waals surface area contributed by atoms with E-state index in [1.54, 1.807) is 59.5 Å². The molecule has 0 aliphatic heterocycles. The van der Waals surface area contributed by atoms with Gasteiger partial charge in [-0.15, -0.1) is 0 Å². The summed E-state index contributed by atoms with van der Waals surface area (Å²) in [6.07, 6.45) is 4.08. The summed E-state index contributed by atoms with van der Waals surface area (Å²) in [5.74, 6) is -0.269. The second-order valence-corrected chi connectivity index (χ2v) is 7.04. The first-order chi connectivity index (χ1) is 11.9. The van der Waals surface area contributed by atoms with E-state index in [2.05, 4.69) is 20.1 Å². The number of benzene rings is 2. The van der Waals surface area contributed by atoms with Crippen LogP contribution in [0.15, 0.2) is 61.2 Å². The molecule has 2 aromatic carbocycles. The third kappa shape index (κ3) is 4.42. The maximum absolute atomic E-state index is 12.3. The van der Waals surface area contributed by atoms with Gasteiger partial charge >= 0.3 is 0 Å². The molecule has 25 heavy (non-hydrogen) atoms. The number of carbonyl (C=O) groups is 1. The fourth-order valence-electron chi connectivity index (χ4n) is 2.15. The van der Waals surface area contributed by atoms with Gasteiger partial charge in [-0.3, -0.25) is 9.52 Å². The first kappa shape index (κ1) is 16.7. The van der Waals surface area contributed by atoms with Crippen LogP contribution in [0.4, 0.5) is 11.4 Å². The van der Waals surface area contributed by atoms with Crippen LogP contribution in [-0.2, 0) is 10.0 Å². The Hall–Kier alpha value is -3.20. The van der Waals surface area contributed by atoms with E-state index in [0.717, 1.165) is 11.9 Å². The van der Waals surface area contributed by atoms with Crippen LogP contribution in [0, 0.1) is 0 Å². The Balaban J connectivity index is 1.67. The number of amides is 1. The van der Waals surface area contributed by atoms with Crippen molar-refractivity contribution in [3.63, 3.8) is 0 Å². The van der Waals surface area contributed by atoms with Crippen molar-refractivity contribution in [1.29, 1.82) is 0 Å². The summed E-state index contributed by atoms with van der Waals surface area (Å²) in [4.78, 5) is 16.1. The third-order valence-electron chi connectivity index (χ3n) is 3.26. The molecule has 1 amide bonds. The number of nitrogens with zero attached hydrogens (tertiary/aromatic N) is 3. The Morgan fingerprint density at radius 1 is 1.00 bits per heavy atom. The number of hydrogen-bond donors (Lipinski definition) is 2. The van der Waals surface area contributed by atoms with Crippen LogP contribution < -0.4 is 10.0 Å². The number of rotatable bonds is 5. The van der Waals surface area contributed by atoms with Crippen LogP contribution >= 0.6 is 0 Å². The quantitative estimate of drug-likeness (QED) is 0.725. The summed E-state index contributed by atoms with van der Waals surface area (Å²) in [6.45, 7) is 0. The minimum atomic E-state index is -3.33. The molecule has 0 atom stereocenters. The third-order valence-corrected chi connectivity index (χ3v) is 3.87. The fraction of sp³-hybridized carbons (Fsp3) is 0.0625. The monoisotopic (exact) mass is 357 g/mol. The second kappa shape index (κ2) is 6.73. The molecule has 1 heterocycles. The molecule has 0 bridgehead atoms. The van der Waals surface area contributed by atoms with Crippen molar-refractivity contribution in [3.8, 4) is 5.69 Å². The molecule has 0 fully saturated rings. The van der Waals surface area contributed by atoms with E-state index in [1.165, 1.54) is 6.33 Å². The standard InChI is InChI=1S/C16H15N5O3S/c1-25(23,24)20-14-6-4-13(5-7-14)19-16(22)12-2-8-15(9-3-12)21-11-17-10-18-21/h2-11,20H,1H3,(H,19,22). The zero-order chi connectivity index (χ0) is 17.9. The molecule has 0 saturated heterocycles. The molecule has 9 heteroatoms. The number of carbonyl (C=O) groups excluding carboxylic acids is 1. The highest BCUT2D eigenvalue weighted by Gasteiger charge is 2.07. The van der Waals surface area contributed by atoms with Gasteiger partial charge < -0.3 is 5.32 Å².